The second-order valence-electron chi connectivity index (χ2n) is 7.48. The van der Waals surface area contributed by atoms with E-state index in [0.29, 0.717) is 13.1 Å². The molecule has 0 spiro atoms. The maximum atomic E-state index is 11.7. The zero-order chi connectivity index (χ0) is 21.6. The van der Waals surface area contributed by atoms with Gasteiger partial charge in [0, 0.05) is 37.2 Å². The van der Waals surface area contributed by atoms with Gasteiger partial charge in [0.25, 0.3) is 0 Å². The van der Waals surface area contributed by atoms with Crippen LogP contribution in [0.3, 0.4) is 0 Å². The Balaban J connectivity index is 1.36. The summed E-state index contributed by atoms with van der Waals surface area (Å²) in [6.07, 6.45) is 6.21. The Bertz CT molecular complexity index is 1040. The molecule has 1 aliphatic heterocycles. The van der Waals surface area contributed by atoms with Crippen LogP contribution in [0, 0.1) is 0 Å². The highest BCUT2D eigenvalue weighted by Crippen LogP contribution is 2.32. The molecule has 1 aliphatic rings. The third-order valence-corrected chi connectivity index (χ3v) is 5.36. The van der Waals surface area contributed by atoms with Gasteiger partial charge in [-0.25, -0.2) is 9.78 Å². The van der Waals surface area contributed by atoms with Crippen molar-refractivity contribution < 1.29 is 19.4 Å². The molecule has 2 atom stereocenters. The molecule has 3 aromatic rings. The van der Waals surface area contributed by atoms with Crippen LogP contribution in [-0.4, -0.2) is 47.3 Å². The fourth-order valence-corrected chi connectivity index (χ4v) is 3.67. The van der Waals surface area contributed by atoms with Crippen molar-refractivity contribution in [3.63, 3.8) is 0 Å². The quantitative estimate of drug-likeness (QED) is 0.569. The number of aliphatic hydroxyl groups excluding tert-OH is 1. The number of nitrogens with zero attached hydrogens (tertiary/aromatic N) is 2. The first-order valence-corrected chi connectivity index (χ1v) is 10.3. The minimum atomic E-state index is -0.595. The third-order valence-electron chi connectivity index (χ3n) is 5.36. The van der Waals surface area contributed by atoms with Crippen LogP contribution in [0.2, 0.25) is 0 Å². The van der Waals surface area contributed by atoms with Gasteiger partial charge >= 0.3 is 5.97 Å². The van der Waals surface area contributed by atoms with Gasteiger partial charge in [-0.3, -0.25) is 4.98 Å². The molecule has 3 heterocycles. The highest BCUT2D eigenvalue weighted by atomic mass is 16.5. The van der Waals surface area contributed by atoms with Gasteiger partial charge in [-0.2, -0.15) is 0 Å². The highest BCUT2D eigenvalue weighted by molar-refractivity contribution is 5.88. The number of ether oxygens (including phenoxy) is 2. The van der Waals surface area contributed by atoms with Gasteiger partial charge in [-0.1, -0.05) is 12.1 Å². The summed E-state index contributed by atoms with van der Waals surface area (Å²) in [6.45, 7) is 1.10. The van der Waals surface area contributed by atoms with Crippen LogP contribution in [0.25, 0.3) is 11.1 Å². The number of carbonyl (C=O) groups is 1. The first-order valence-electron chi connectivity index (χ1n) is 10.3. The van der Waals surface area contributed by atoms with E-state index < -0.39 is 12.1 Å². The van der Waals surface area contributed by atoms with Crippen molar-refractivity contribution in [3.05, 3.63) is 77.9 Å². The summed E-state index contributed by atoms with van der Waals surface area (Å²) >= 11 is 0. The van der Waals surface area contributed by atoms with Crippen LogP contribution in [0.4, 0.5) is 0 Å². The van der Waals surface area contributed by atoms with Crippen LogP contribution in [0.5, 0.6) is 5.75 Å². The lowest BCUT2D eigenvalue weighted by Gasteiger charge is -2.27. The van der Waals surface area contributed by atoms with Gasteiger partial charge < -0.3 is 19.9 Å². The molecule has 2 N–H and O–H groups in total. The standard InChI is InChI=1S/C24H25N3O4/c1-30-24(29)21-12-17(8-10-27-21)16-5-7-23-18(11-16)4-6-20(31-23)14-26-15-22(28)19-3-2-9-25-13-19/h2-3,5,7-13,20,22,26,28H,4,6,14-15H2,1H3. The van der Waals surface area contributed by atoms with Gasteiger partial charge in [-0.05, 0) is 59.9 Å². The normalized spacial score (nSPS) is 16.1. The number of aliphatic hydroxyl groups is 1. The number of benzene rings is 1. The molecule has 0 aliphatic carbocycles. The molecule has 4 rings (SSSR count). The first kappa shape index (κ1) is 21.0. The highest BCUT2D eigenvalue weighted by Gasteiger charge is 2.21. The second kappa shape index (κ2) is 9.68. The lowest BCUT2D eigenvalue weighted by Crippen LogP contribution is -2.36. The van der Waals surface area contributed by atoms with E-state index in [1.165, 1.54) is 7.11 Å². The zero-order valence-corrected chi connectivity index (χ0v) is 17.3. The van der Waals surface area contributed by atoms with E-state index in [1.54, 1.807) is 24.7 Å². The van der Waals surface area contributed by atoms with E-state index in [2.05, 4.69) is 21.4 Å². The summed E-state index contributed by atoms with van der Waals surface area (Å²) in [6, 6.07) is 13.3. The van der Waals surface area contributed by atoms with Crippen LogP contribution in [0.1, 0.15) is 34.1 Å². The summed E-state index contributed by atoms with van der Waals surface area (Å²) in [5, 5.41) is 13.5. The molecular weight excluding hydrogens is 394 g/mol. The Morgan fingerprint density at radius 1 is 1.26 bits per heavy atom. The summed E-state index contributed by atoms with van der Waals surface area (Å²) in [5.41, 5.74) is 4.13. The Hall–Kier alpha value is -3.29. The van der Waals surface area contributed by atoms with Crippen molar-refractivity contribution >= 4 is 5.97 Å². The van der Waals surface area contributed by atoms with Crippen LogP contribution < -0.4 is 10.1 Å². The minimum Gasteiger partial charge on any atom is -0.489 e. The lowest BCUT2D eigenvalue weighted by molar-refractivity contribution is 0.0594. The molecule has 0 saturated heterocycles. The minimum absolute atomic E-state index is 0.0475. The fraction of sp³-hybridized carbons (Fsp3) is 0.292. The first-order chi connectivity index (χ1) is 15.1. The average Bonchev–Trinajstić information content (AvgIpc) is 2.83. The van der Waals surface area contributed by atoms with E-state index in [1.807, 2.05) is 30.3 Å². The number of hydrogen-bond acceptors (Lipinski definition) is 7. The smallest absolute Gasteiger partial charge is 0.356 e. The third kappa shape index (κ3) is 5.07. The number of fused-ring (bicyclic) bond motifs is 1. The van der Waals surface area contributed by atoms with Gasteiger partial charge in [0.15, 0.2) is 0 Å². The predicted octanol–water partition coefficient (Wildman–Crippen LogP) is 2.95. The zero-order valence-electron chi connectivity index (χ0n) is 17.3. The number of methoxy groups -OCH3 is 1. The van der Waals surface area contributed by atoms with Gasteiger partial charge in [-0.15, -0.1) is 0 Å². The molecule has 1 aromatic carbocycles. The summed E-state index contributed by atoms with van der Waals surface area (Å²) in [5.74, 6) is 0.420. The number of aryl methyl sites for hydroxylation is 1. The molecule has 7 heteroatoms. The van der Waals surface area contributed by atoms with E-state index in [4.69, 9.17) is 9.47 Å². The van der Waals surface area contributed by atoms with Crippen LogP contribution >= 0.6 is 0 Å². The van der Waals surface area contributed by atoms with Crippen LogP contribution in [0.15, 0.2) is 61.1 Å². The molecule has 0 fully saturated rings. The molecule has 2 aromatic heterocycles. The van der Waals surface area contributed by atoms with Crippen molar-refractivity contribution in [2.24, 2.45) is 0 Å². The number of rotatable bonds is 7. The van der Waals surface area contributed by atoms with Crippen molar-refractivity contribution in [1.29, 1.82) is 0 Å². The number of aromatic nitrogens is 2. The number of pyridine rings is 2. The summed E-state index contributed by atoms with van der Waals surface area (Å²) in [4.78, 5) is 19.8. The Morgan fingerprint density at radius 3 is 2.94 bits per heavy atom. The molecule has 2 unspecified atom stereocenters. The summed E-state index contributed by atoms with van der Waals surface area (Å²) in [7, 11) is 1.35. The molecule has 0 radical (unpaired) electrons. The monoisotopic (exact) mass is 419 g/mol. The van der Waals surface area contributed by atoms with Crippen molar-refractivity contribution in [2.45, 2.75) is 25.0 Å². The molecule has 160 valence electrons. The van der Waals surface area contributed by atoms with Crippen molar-refractivity contribution in [1.82, 2.24) is 15.3 Å². The van der Waals surface area contributed by atoms with Crippen LogP contribution in [-0.2, 0) is 11.2 Å². The average molecular weight is 419 g/mol. The van der Waals surface area contributed by atoms with Crippen molar-refractivity contribution in [2.75, 3.05) is 20.2 Å². The van der Waals surface area contributed by atoms with Gasteiger partial charge in [0.05, 0.1) is 13.2 Å². The molecule has 7 nitrogen and oxygen atoms in total. The molecule has 0 saturated carbocycles. The fourth-order valence-electron chi connectivity index (χ4n) is 3.67. The Morgan fingerprint density at radius 2 is 2.13 bits per heavy atom. The predicted molar refractivity (Wildman–Crippen MR) is 116 cm³/mol. The SMILES string of the molecule is COC(=O)c1cc(-c2ccc3c(c2)CCC(CNCC(O)c2cccnc2)O3)ccn1. The maximum absolute atomic E-state index is 11.7. The number of hydrogen-bond donors (Lipinski definition) is 2. The van der Waals surface area contributed by atoms with Gasteiger partial charge in [0.2, 0.25) is 0 Å². The molecule has 0 bridgehead atoms. The number of esters is 1. The second-order valence-corrected chi connectivity index (χ2v) is 7.48. The van der Waals surface area contributed by atoms with Gasteiger partial charge in [0.1, 0.15) is 17.5 Å². The molecule has 0 amide bonds. The van der Waals surface area contributed by atoms with Crippen molar-refractivity contribution in [3.8, 4) is 16.9 Å². The van der Waals surface area contributed by atoms with E-state index in [0.717, 1.165) is 40.8 Å². The largest absolute Gasteiger partial charge is 0.489 e. The van der Waals surface area contributed by atoms with E-state index >= 15 is 0 Å². The molecular formula is C24H25N3O4. The topological polar surface area (TPSA) is 93.6 Å². The van der Waals surface area contributed by atoms with E-state index in [9.17, 15) is 9.90 Å². The number of nitrogens with one attached hydrogen (secondary N) is 1. The Labute approximate surface area is 181 Å². The maximum Gasteiger partial charge on any atom is 0.356 e. The molecule has 31 heavy (non-hydrogen) atoms. The Kier molecular flexibility index (Phi) is 6.54. The summed E-state index contributed by atoms with van der Waals surface area (Å²) < 4.78 is 10.9. The number of carbonyl (C=O) groups excluding carboxylic acids is 1. The van der Waals surface area contributed by atoms with E-state index in [-0.39, 0.29) is 11.8 Å². The lowest BCUT2D eigenvalue weighted by atomic mass is 9.97.